The number of likely N-dealkylation sites (N-methyl/N-ethyl adjacent to an activating group) is 1. The van der Waals surface area contributed by atoms with E-state index >= 15 is 0 Å². The van der Waals surface area contributed by atoms with Crippen molar-refractivity contribution in [1.29, 1.82) is 0 Å². The zero-order chi connectivity index (χ0) is 20.3. The van der Waals surface area contributed by atoms with Crippen LogP contribution in [0.2, 0.25) is 0 Å². The molecule has 158 valence electrons. The maximum absolute atomic E-state index is 13.3. The van der Waals surface area contributed by atoms with E-state index in [-0.39, 0.29) is 18.3 Å². The second-order valence-electron chi connectivity index (χ2n) is 6.54. The Bertz CT molecular complexity index is 972. The number of rotatable bonds is 8. The minimum absolute atomic E-state index is 0. The molecule has 0 aliphatic rings. The van der Waals surface area contributed by atoms with Crippen LogP contribution in [-0.4, -0.2) is 66.5 Å². The molecule has 8 nitrogen and oxygen atoms in total. The molecule has 3 aromatic rings. The van der Waals surface area contributed by atoms with Crippen molar-refractivity contribution < 1.29 is 14.3 Å². The first-order valence-electron chi connectivity index (χ1n) is 9.00. The van der Waals surface area contributed by atoms with Crippen LogP contribution in [0.3, 0.4) is 0 Å². The van der Waals surface area contributed by atoms with Crippen LogP contribution < -0.4 is 14.4 Å². The Hall–Kier alpha value is -2.36. The van der Waals surface area contributed by atoms with Gasteiger partial charge in [0, 0.05) is 26.3 Å². The highest BCUT2D eigenvalue weighted by Crippen LogP contribution is 2.33. The number of aromatic nitrogens is 3. The lowest BCUT2D eigenvalue weighted by Crippen LogP contribution is -2.36. The number of carbonyl (C=O) groups is 1. The monoisotopic (exact) mass is 439 g/mol. The second kappa shape index (κ2) is 9.91. The van der Waals surface area contributed by atoms with E-state index in [9.17, 15) is 4.79 Å². The average Bonchev–Trinajstić information content (AvgIpc) is 3.24. The normalized spacial score (nSPS) is 10.8. The Morgan fingerprint density at radius 3 is 2.69 bits per heavy atom. The van der Waals surface area contributed by atoms with Crippen molar-refractivity contribution in [2.75, 3.05) is 45.8 Å². The number of carbonyl (C=O) groups excluding carboxylic acids is 1. The van der Waals surface area contributed by atoms with Gasteiger partial charge in [0.05, 0.1) is 23.9 Å². The van der Waals surface area contributed by atoms with Crippen LogP contribution in [0.5, 0.6) is 11.6 Å². The highest BCUT2D eigenvalue weighted by atomic mass is 35.5. The summed E-state index contributed by atoms with van der Waals surface area (Å²) in [5.74, 6) is 0.920. The van der Waals surface area contributed by atoms with Crippen LogP contribution in [0.1, 0.15) is 17.3 Å². The largest absolute Gasteiger partial charge is 0.494 e. The first kappa shape index (κ1) is 22.9. The van der Waals surface area contributed by atoms with Crippen LogP contribution in [0, 0.1) is 0 Å². The topological polar surface area (TPSA) is 72.7 Å². The molecule has 0 unspecified atom stereocenters. The van der Waals surface area contributed by atoms with Gasteiger partial charge in [-0.3, -0.25) is 14.4 Å². The Morgan fingerprint density at radius 2 is 2.03 bits per heavy atom. The number of ether oxygens (including phenoxy) is 2. The van der Waals surface area contributed by atoms with Crippen molar-refractivity contribution >= 4 is 45.0 Å². The maximum atomic E-state index is 13.3. The number of fused-ring (bicyclic) bond motifs is 1. The predicted octanol–water partition coefficient (Wildman–Crippen LogP) is 3.07. The Labute approximate surface area is 180 Å². The molecule has 0 saturated carbocycles. The molecule has 0 aliphatic heterocycles. The number of anilines is 1. The van der Waals surface area contributed by atoms with Gasteiger partial charge in [0.25, 0.3) is 5.91 Å². The van der Waals surface area contributed by atoms with Crippen molar-refractivity contribution in [3.8, 4) is 11.6 Å². The molecule has 0 radical (unpaired) electrons. The molecule has 2 aromatic heterocycles. The zero-order valence-electron chi connectivity index (χ0n) is 17.2. The van der Waals surface area contributed by atoms with Crippen LogP contribution >= 0.6 is 23.7 Å². The second-order valence-corrected chi connectivity index (χ2v) is 7.55. The van der Waals surface area contributed by atoms with E-state index < -0.39 is 0 Å². The van der Waals surface area contributed by atoms with Crippen LogP contribution in [0.25, 0.3) is 10.2 Å². The minimum Gasteiger partial charge on any atom is -0.494 e. The van der Waals surface area contributed by atoms with Crippen molar-refractivity contribution in [3.05, 3.63) is 30.0 Å². The molecule has 29 heavy (non-hydrogen) atoms. The molecule has 0 aliphatic carbocycles. The number of hydrogen-bond acceptors (Lipinski definition) is 7. The number of halogens is 1. The van der Waals surface area contributed by atoms with E-state index in [2.05, 4.69) is 10.1 Å². The standard InChI is InChI=1S/C19H25N5O3S.ClH/c1-6-27-13-7-8-15-16(11-13)28-19(20-15)24(10-9-22(2)3)18(25)14-12-23(4)21-17(14)26-5;/h7-8,11-12H,6,9-10H2,1-5H3;1H. The highest BCUT2D eigenvalue weighted by Gasteiger charge is 2.26. The third kappa shape index (κ3) is 5.17. The minimum atomic E-state index is -0.184. The van der Waals surface area contributed by atoms with Gasteiger partial charge in [-0.2, -0.15) is 0 Å². The van der Waals surface area contributed by atoms with Gasteiger partial charge in [0.2, 0.25) is 5.88 Å². The first-order valence-corrected chi connectivity index (χ1v) is 9.82. The zero-order valence-corrected chi connectivity index (χ0v) is 18.8. The molecule has 2 heterocycles. The van der Waals surface area contributed by atoms with Gasteiger partial charge in [-0.1, -0.05) is 11.3 Å². The number of methoxy groups -OCH3 is 1. The summed E-state index contributed by atoms with van der Waals surface area (Å²) in [6.07, 6.45) is 1.67. The fourth-order valence-electron chi connectivity index (χ4n) is 2.76. The highest BCUT2D eigenvalue weighted by molar-refractivity contribution is 7.22. The number of nitrogens with zero attached hydrogens (tertiary/aromatic N) is 5. The van der Waals surface area contributed by atoms with Gasteiger partial charge < -0.3 is 14.4 Å². The van der Waals surface area contributed by atoms with Gasteiger partial charge in [0.15, 0.2) is 5.13 Å². The quantitative estimate of drug-likeness (QED) is 0.537. The smallest absolute Gasteiger partial charge is 0.267 e. The molecule has 0 bridgehead atoms. The average molecular weight is 440 g/mol. The Balaban J connectivity index is 0.00000300. The number of aryl methyl sites for hydroxylation is 1. The molecule has 1 aromatic carbocycles. The lowest BCUT2D eigenvalue weighted by Gasteiger charge is -2.21. The van der Waals surface area contributed by atoms with Crippen molar-refractivity contribution in [2.24, 2.45) is 7.05 Å². The first-order chi connectivity index (χ1) is 13.4. The van der Waals surface area contributed by atoms with Crippen LogP contribution in [-0.2, 0) is 7.05 Å². The van der Waals surface area contributed by atoms with E-state index in [1.54, 1.807) is 22.8 Å². The molecule has 0 fully saturated rings. The summed E-state index contributed by atoms with van der Waals surface area (Å²) in [5.41, 5.74) is 1.25. The summed E-state index contributed by atoms with van der Waals surface area (Å²) in [7, 11) is 7.21. The lowest BCUT2D eigenvalue weighted by atomic mass is 10.3. The lowest BCUT2D eigenvalue weighted by molar-refractivity contribution is 0.0982. The predicted molar refractivity (Wildman–Crippen MR) is 118 cm³/mol. The van der Waals surface area contributed by atoms with E-state index in [1.165, 1.54) is 18.4 Å². The van der Waals surface area contributed by atoms with E-state index in [0.29, 0.717) is 36.3 Å². The molecule has 0 N–H and O–H groups in total. The SMILES string of the molecule is CCOc1ccc2nc(N(CCN(C)C)C(=O)c3cn(C)nc3OC)sc2c1.Cl. The number of amides is 1. The summed E-state index contributed by atoms with van der Waals surface area (Å²) < 4.78 is 13.4. The van der Waals surface area contributed by atoms with Gasteiger partial charge in [-0.05, 0) is 39.2 Å². The van der Waals surface area contributed by atoms with E-state index in [4.69, 9.17) is 9.47 Å². The van der Waals surface area contributed by atoms with Gasteiger partial charge in [-0.25, -0.2) is 4.98 Å². The Morgan fingerprint density at radius 1 is 1.28 bits per heavy atom. The molecule has 3 rings (SSSR count). The fourth-order valence-corrected chi connectivity index (χ4v) is 3.78. The molecule has 1 amide bonds. The molecule has 10 heteroatoms. The Kier molecular flexibility index (Phi) is 7.83. The summed E-state index contributed by atoms with van der Waals surface area (Å²) in [5, 5.41) is 4.84. The summed E-state index contributed by atoms with van der Waals surface area (Å²) in [6, 6.07) is 5.77. The third-order valence-electron chi connectivity index (χ3n) is 4.13. The van der Waals surface area contributed by atoms with Crippen LogP contribution in [0.4, 0.5) is 5.13 Å². The molecular formula is C19H26ClN5O3S. The number of hydrogen-bond donors (Lipinski definition) is 0. The third-order valence-corrected chi connectivity index (χ3v) is 5.17. The molecule has 0 atom stereocenters. The van der Waals surface area contributed by atoms with Crippen molar-refractivity contribution in [1.82, 2.24) is 19.7 Å². The molecule has 0 saturated heterocycles. The fraction of sp³-hybridized carbons (Fsp3) is 0.421. The summed E-state index contributed by atoms with van der Waals surface area (Å²) in [4.78, 5) is 21.7. The number of thiazole rings is 1. The van der Waals surface area contributed by atoms with Gasteiger partial charge in [0.1, 0.15) is 11.3 Å². The van der Waals surface area contributed by atoms with Gasteiger partial charge >= 0.3 is 0 Å². The summed E-state index contributed by atoms with van der Waals surface area (Å²) >= 11 is 1.47. The number of benzene rings is 1. The molecular weight excluding hydrogens is 414 g/mol. The molecule has 0 spiro atoms. The maximum Gasteiger partial charge on any atom is 0.267 e. The van der Waals surface area contributed by atoms with Gasteiger partial charge in [-0.15, -0.1) is 17.5 Å². The van der Waals surface area contributed by atoms with Crippen molar-refractivity contribution in [3.63, 3.8) is 0 Å². The summed E-state index contributed by atoms with van der Waals surface area (Å²) in [6.45, 7) is 3.76. The van der Waals surface area contributed by atoms with Crippen LogP contribution in [0.15, 0.2) is 24.4 Å². The van der Waals surface area contributed by atoms with E-state index in [1.807, 2.05) is 44.1 Å². The van der Waals surface area contributed by atoms with Crippen molar-refractivity contribution in [2.45, 2.75) is 6.92 Å². The van der Waals surface area contributed by atoms with E-state index in [0.717, 1.165) is 16.0 Å².